The molecular weight excluding hydrogens is 325 g/mol. The fourth-order valence-electron chi connectivity index (χ4n) is 2.27. The maximum atomic E-state index is 9.67. The van der Waals surface area contributed by atoms with Crippen molar-refractivity contribution < 1.29 is 17.9 Å². The van der Waals surface area contributed by atoms with Crippen LogP contribution in [0.25, 0.3) is 0 Å². The van der Waals surface area contributed by atoms with Crippen molar-refractivity contribution in [2.24, 2.45) is 5.92 Å². The van der Waals surface area contributed by atoms with Crippen LogP contribution < -0.4 is 4.74 Å². The van der Waals surface area contributed by atoms with Crippen LogP contribution in [0, 0.1) is 12.8 Å². The average molecular weight is 365 g/mol. The Kier molecular flexibility index (Phi) is 26.1. The van der Waals surface area contributed by atoms with Gasteiger partial charge in [0.25, 0.3) is 0 Å². The lowest BCUT2D eigenvalue weighted by Gasteiger charge is -2.21. The van der Waals surface area contributed by atoms with Crippen LogP contribution in [0.4, 0.5) is 13.2 Å². The van der Waals surface area contributed by atoms with Crippen LogP contribution in [0.3, 0.4) is 0 Å². The molecule has 0 aliphatic heterocycles. The third-order valence-corrected chi connectivity index (χ3v) is 3.20. The summed E-state index contributed by atoms with van der Waals surface area (Å²) in [6.07, 6.45) is 6.91. The summed E-state index contributed by atoms with van der Waals surface area (Å²) in [6, 6.07) is 8.33. The van der Waals surface area contributed by atoms with Gasteiger partial charge in [-0.15, -0.1) is 0 Å². The lowest BCUT2D eigenvalue weighted by atomic mass is 9.90. The van der Waals surface area contributed by atoms with E-state index in [1.807, 2.05) is 41.5 Å². The van der Waals surface area contributed by atoms with Gasteiger partial charge in [0, 0.05) is 0 Å². The third-order valence-electron chi connectivity index (χ3n) is 3.20. The first-order valence-electron chi connectivity index (χ1n) is 9.69. The van der Waals surface area contributed by atoms with Crippen LogP contribution in [0.15, 0.2) is 24.3 Å². The lowest BCUT2D eigenvalue weighted by molar-refractivity contribution is 0.00819. The number of hydrogen-bond acceptors (Lipinski definition) is 1. The Morgan fingerprint density at radius 2 is 1.40 bits per heavy atom. The third kappa shape index (κ3) is 20.8. The highest BCUT2D eigenvalue weighted by Gasteiger charge is 2.13. The molecule has 0 aromatic heterocycles. The summed E-state index contributed by atoms with van der Waals surface area (Å²) in [6.45, 7) is 11.3. The first-order valence-corrected chi connectivity index (χ1v) is 9.69. The van der Waals surface area contributed by atoms with Crippen molar-refractivity contribution >= 4 is 0 Å². The zero-order valence-electron chi connectivity index (χ0n) is 17.2. The predicted octanol–water partition coefficient (Wildman–Crippen LogP) is 8.21. The summed E-state index contributed by atoms with van der Waals surface area (Å²) in [7, 11) is 0. The maximum absolute atomic E-state index is 9.67. The van der Waals surface area contributed by atoms with Crippen LogP contribution in [-0.2, 0) is 0 Å². The molecule has 1 saturated carbocycles. The summed E-state index contributed by atoms with van der Waals surface area (Å²) in [4.78, 5) is 0. The Balaban J connectivity index is -0.000000412. The second-order valence-electron chi connectivity index (χ2n) is 4.88. The van der Waals surface area contributed by atoms with Gasteiger partial charge in [-0.05, 0) is 43.4 Å². The number of halogens is 3. The Morgan fingerprint density at radius 3 is 1.84 bits per heavy atom. The quantitative estimate of drug-likeness (QED) is 0.525. The Labute approximate surface area is 154 Å². The molecule has 4 heteroatoms. The summed E-state index contributed by atoms with van der Waals surface area (Å²) < 4.78 is 34.8. The molecular formula is C21H39F3O. The highest BCUT2D eigenvalue weighted by atomic mass is 19.4. The molecule has 0 heterocycles. The number of hydrogen-bond donors (Lipinski definition) is 0. The number of ether oxygens (including phenoxy) is 1. The molecule has 0 atom stereocenters. The normalized spacial score (nSPS) is 12.8. The second kappa shape index (κ2) is 22.8. The van der Waals surface area contributed by atoms with E-state index in [2.05, 4.69) is 31.2 Å². The van der Waals surface area contributed by atoms with E-state index in [0.717, 1.165) is 18.3 Å². The van der Waals surface area contributed by atoms with Gasteiger partial charge in [0.2, 0.25) is 0 Å². The van der Waals surface area contributed by atoms with E-state index in [9.17, 15) is 13.2 Å². The van der Waals surface area contributed by atoms with E-state index in [1.54, 1.807) is 0 Å². The molecule has 0 N–H and O–H groups in total. The minimum atomic E-state index is -3.67. The van der Waals surface area contributed by atoms with Gasteiger partial charge in [0.05, 0.1) is 6.61 Å². The van der Waals surface area contributed by atoms with Crippen LogP contribution >= 0.6 is 0 Å². The average Bonchev–Trinajstić information content (AvgIpc) is 2.65. The van der Waals surface area contributed by atoms with E-state index in [1.165, 1.54) is 37.7 Å². The van der Waals surface area contributed by atoms with Crippen molar-refractivity contribution in [1.82, 2.24) is 0 Å². The highest BCUT2D eigenvalue weighted by Crippen LogP contribution is 2.24. The van der Waals surface area contributed by atoms with Crippen molar-refractivity contribution in [1.29, 1.82) is 0 Å². The van der Waals surface area contributed by atoms with Crippen LogP contribution in [0.2, 0.25) is 0 Å². The van der Waals surface area contributed by atoms with Crippen molar-refractivity contribution in [3.05, 3.63) is 29.8 Å². The fourth-order valence-corrected chi connectivity index (χ4v) is 2.27. The van der Waals surface area contributed by atoms with Gasteiger partial charge < -0.3 is 4.74 Å². The van der Waals surface area contributed by atoms with Gasteiger partial charge in [-0.3, -0.25) is 0 Å². The molecule has 0 saturated heterocycles. The molecule has 1 aliphatic carbocycles. The number of rotatable bonds is 3. The second-order valence-corrected chi connectivity index (χ2v) is 4.88. The minimum absolute atomic E-state index is 0.791. The van der Waals surface area contributed by atoms with Gasteiger partial charge in [0.15, 0.2) is 0 Å². The Morgan fingerprint density at radius 1 is 0.920 bits per heavy atom. The molecule has 1 aliphatic rings. The van der Waals surface area contributed by atoms with E-state index in [4.69, 9.17) is 4.74 Å². The molecule has 1 aromatic rings. The van der Waals surface area contributed by atoms with E-state index in [0.29, 0.717) is 0 Å². The molecule has 0 amide bonds. The smallest absolute Gasteiger partial charge is 0.379 e. The lowest BCUT2D eigenvalue weighted by Crippen LogP contribution is -2.15. The SMILES string of the molecule is CC.CC.CC.Cc1cccc(OCC2CCCCC2)c1.FC(F)F. The van der Waals surface area contributed by atoms with Gasteiger partial charge in [-0.25, -0.2) is 0 Å². The van der Waals surface area contributed by atoms with Crippen molar-refractivity contribution in [2.75, 3.05) is 6.61 Å². The molecule has 150 valence electrons. The first-order chi connectivity index (χ1) is 12.1. The molecule has 1 aromatic carbocycles. The van der Waals surface area contributed by atoms with E-state index >= 15 is 0 Å². The summed E-state index contributed by atoms with van der Waals surface area (Å²) in [5.74, 6) is 1.82. The molecule has 0 spiro atoms. The number of aryl methyl sites for hydroxylation is 1. The summed E-state index contributed by atoms with van der Waals surface area (Å²) >= 11 is 0. The van der Waals surface area contributed by atoms with Gasteiger partial charge in [-0.1, -0.05) is 72.9 Å². The maximum Gasteiger partial charge on any atom is 0.379 e. The highest BCUT2D eigenvalue weighted by molar-refractivity contribution is 5.27. The zero-order chi connectivity index (χ0) is 20.1. The molecule has 1 nitrogen and oxygen atoms in total. The number of alkyl halides is 3. The van der Waals surface area contributed by atoms with Crippen LogP contribution in [-0.4, -0.2) is 13.3 Å². The van der Waals surface area contributed by atoms with Gasteiger partial charge in [-0.2, -0.15) is 13.2 Å². The zero-order valence-corrected chi connectivity index (χ0v) is 17.2. The molecule has 0 radical (unpaired) electrons. The van der Waals surface area contributed by atoms with Gasteiger partial charge >= 0.3 is 6.68 Å². The predicted molar refractivity (Wildman–Crippen MR) is 104 cm³/mol. The fraction of sp³-hybridized carbons (Fsp3) is 0.714. The standard InChI is InChI=1S/C14H20O.3C2H6.CHF3/c1-12-6-5-9-14(10-12)15-11-13-7-3-2-4-8-13;3*1-2;2-1(3)4/h5-6,9-10,13H,2-4,7-8,11H2,1H3;3*1-2H3;1H. The Bertz CT molecular complexity index is 348. The Hall–Kier alpha value is -1.19. The van der Waals surface area contributed by atoms with E-state index in [-0.39, 0.29) is 0 Å². The minimum Gasteiger partial charge on any atom is -0.493 e. The van der Waals surface area contributed by atoms with Crippen molar-refractivity contribution in [3.63, 3.8) is 0 Å². The number of benzene rings is 1. The molecule has 0 bridgehead atoms. The van der Waals surface area contributed by atoms with E-state index < -0.39 is 6.68 Å². The summed E-state index contributed by atoms with van der Waals surface area (Å²) in [5, 5.41) is 0. The van der Waals surface area contributed by atoms with Crippen LogP contribution in [0.1, 0.15) is 79.2 Å². The van der Waals surface area contributed by atoms with Crippen molar-refractivity contribution in [3.8, 4) is 5.75 Å². The molecule has 1 fully saturated rings. The molecule has 2 rings (SSSR count). The first kappa shape index (κ1) is 28.6. The molecule has 25 heavy (non-hydrogen) atoms. The van der Waals surface area contributed by atoms with Gasteiger partial charge in [0.1, 0.15) is 5.75 Å². The molecule has 0 unspecified atom stereocenters. The summed E-state index contributed by atoms with van der Waals surface area (Å²) in [5.41, 5.74) is 1.27. The monoisotopic (exact) mass is 364 g/mol. The topological polar surface area (TPSA) is 9.23 Å². The van der Waals surface area contributed by atoms with Crippen molar-refractivity contribution in [2.45, 2.75) is 87.2 Å². The van der Waals surface area contributed by atoms with Crippen LogP contribution in [0.5, 0.6) is 5.75 Å². The largest absolute Gasteiger partial charge is 0.493 e.